The highest BCUT2D eigenvalue weighted by molar-refractivity contribution is 5.94. The average Bonchev–Trinajstić information content (AvgIpc) is 2.63. The van der Waals surface area contributed by atoms with Gasteiger partial charge in [0.15, 0.2) is 11.5 Å². The summed E-state index contributed by atoms with van der Waals surface area (Å²) in [4.78, 5) is 12.3. The van der Waals surface area contributed by atoms with Gasteiger partial charge in [0.05, 0.1) is 13.7 Å². The van der Waals surface area contributed by atoms with E-state index >= 15 is 0 Å². The van der Waals surface area contributed by atoms with E-state index in [-0.39, 0.29) is 5.91 Å². The Morgan fingerprint density at radius 1 is 1.08 bits per heavy atom. The Balaban J connectivity index is 1.91. The van der Waals surface area contributed by atoms with Crippen molar-refractivity contribution < 1.29 is 14.3 Å². The second-order valence-corrected chi connectivity index (χ2v) is 5.56. The minimum atomic E-state index is -0.107. The normalized spacial score (nSPS) is 10.2. The molecule has 0 heterocycles. The predicted molar refractivity (Wildman–Crippen MR) is 95.9 cm³/mol. The number of hydrogen-bond acceptors (Lipinski definition) is 3. The van der Waals surface area contributed by atoms with Crippen LogP contribution in [0, 0.1) is 0 Å². The van der Waals surface area contributed by atoms with E-state index in [4.69, 9.17) is 9.47 Å². The van der Waals surface area contributed by atoms with E-state index in [1.165, 1.54) is 5.56 Å². The molecule has 4 nitrogen and oxygen atoms in total. The number of hydrogen-bond donors (Lipinski definition) is 1. The maximum absolute atomic E-state index is 12.3. The molecule has 0 bridgehead atoms. The summed E-state index contributed by atoms with van der Waals surface area (Å²) >= 11 is 0. The van der Waals surface area contributed by atoms with Crippen LogP contribution in [0.1, 0.15) is 35.7 Å². The Bertz CT molecular complexity index is 641. The average molecular weight is 327 g/mol. The van der Waals surface area contributed by atoms with Crippen molar-refractivity contribution in [3.8, 4) is 11.5 Å². The first-order chi connectivity index (χ1) is 11.7. The van der Waals surface area contributed by atoms with E-state index < -0.39 is 0 Å². The number of rotatable bonds is 9. The number of unbranched alkanes of at least 4 members (excludes halogenated alkanes) is 1. The Morgan fingerprint density at radius 3 is 2.58 bits per heavy atom. The van der Waals surface area contributed by atoms with Crippen molar-refractivity contribution >= 4 is 5.91 Å². The Hall–Kier alpha value is -2.49. The number of methoxy groups -OCH3 is 1. The molecule has 0 fully saturated rings. The standard InChI is InChI=1S/C20H25NO3/c1-3-4-14-24-18-11-10-17(15-19(18)23-2)20(22)21-13-12-16-8-6-5-7-9-16/h5-11,15H,3-4,12-14H2,1-2H3,(H,21,22). The van der Waals surface area contributed by atoms with Gasteiger partial charge in [-0.2, -0.15) is 0 Å². The lowest BCUT2D eigenvalue weighted by Gasteiger charge is -2.12. The maximum Gasteiger partial charge on any atom is 0.251 e. The van der Waals surface area contributed by atoms with Crippen LogP contribution in [-0.2, 0) is 6.42 Å². The third-order valence-electron chi connectivity index (χ3n) is 3.72. The van der Waals surface area contributed by atoms with Gasteiger partial charge in [0.2, 0.25) is 0 Å². The molecule has 0 unspecified atom stereocenters. The van der Waals surface area contributed by atoms with Gasteiger partial charge in [-0.25, -0.2) is 0 Å². The van der Waals surface area contributed by atoms with Gasteiger partial charge in [0.1, 0.15) is 0 Å². The van der Waals surface area contributed by atoms with Crippen molar-refractivity contribution in [2.45, 2.75) is 26.2 Å². The van der Waals surface area contributed by atoms with E-state index in [2.05, 4.69) is 24.4 Å². The molecule has 2 aromatic rings. The van der Waals surface area contributed by atoms with E-state index in [1.807, 2.05) is 18.2 Å². The van der Waals surface area contributed by atoms with Gasteiger partial charge < -0.3 is 14.8 Å². The summed E-state index contributed by atoms with van der Waals surface area (Å²) in [5, 5.41) is 2.94. The topological polar surface area (TPSA) is 47.6 Å². The summed E-state index contributed by atoms with van der Waals surface area (Å²) in [5.41, 5.74) is 1.78. The van der Waals surface area contributed by atoms with Crippen molar-refractivity contribution in [2.24, 2.45) is 0 Å². The minimum Gasteiger partial charge on any atom is -0.493 e. The second kappa shape index (κ2) is 9.60. The molecular weight excluding hydrogens is 302 g/mol. The van der Waals surface area contributed by atoms with Crippen LogP contribution in [-0.4, -0.2) is 26.2 Å². The van der Waals surface area contributed by atoms with Crippen LogP contribution in [0.2, 0.25) is 0 Å². The molecule has 24 heavy (non-hydrogen) atoms. The molecule has 1 amide bonds. The lowest BCUT2D eigenvalue weighted by atomic mass is 10.1. The summed E-state index contributed by atoms with van der Waals surface area (Å²) in [6.07, 6.45) is 2.87. The number of amides is 1. The number of ether oxygens (including phenoxy) is 2. The molecule has 2 rings (SSSR count). The van der Waals surface area contributed by atoms with Crippen molar-refractivity contribution in [1.29, 1.82) is 0 Å². The van der Waals surface area contributed by atoms with Crippen LogP contribution in [0.4, 0.5) is 0 Å². The first-order valence-electron chi connectivity index (χ1n) is 8.37. The van der Waals surface area contributed by atoms with Crippen molar-refractivity contribution in [3.63, 3.8) is 0 Å². The summed E-state index contributed by atoms with van der Waals surface area (Å²) in [6.45, 7) is 3.36. The van der Waals surface area contributed by atoms with E-state index in [1.54, 1.807) is 25.3 Å². The van der Waals surface area contributed by atoms with Crippen molar-refractivity contribution in [1.82, 2.24) is 5.32 Å². The van der Waals surface area contributed by atoms with Crippen LogP contribution in [0.3, 0.4) is 0 Å². The number of carbonyl (C=O) groups excluding carboxylic acids is 1. The van der Waals surface area contributed by atoms with Gasteiger partial charge in [-0.1, -0.05) is 43.7 Å². The van der Waals surface area contributed by atoms with E-state index in [0.29, 0.717) is 30.2 Å². The molecule has 0 radical (unpaired) electrons. The van der Waals surface area contributed by atoms with Crippen LogP contribution in [0.25, 0.3) is 0 Å². The van der Waals surface area contributed by atoms with Gasteiger partial charge in [0, 0.05) is 12.1 Å². The molecule has 2 aromatic carbocycles. The van der Waals surface area contributed by atoms with Crippen LogP contribution in [0.15, 0.2) is 48.5 Å². The summed E-state index contributed by atoms with van der Waals surface area (Å²) in [6, 6.07) is 15.4. The third-order valence-corrected chi connectivity index (χ3v) is 3.72. The SMILES string of the molecule is CCCCOc1ccc(C(=O)NCCc2ccccc2)cc1OC. The van der Waals surface area contributed by atoms with Gasteiger partial charge in [-0.05, 0) is 36.6 Å². The predicted octanol–water partition coefficient (Wildman–Crippen LogP) is 3.85. The highest BCUT2D eigenvalue weighted by Gasteiger charge is 2.11. The fourth-order valence-electron chi connectivity index (χ4n) is 2.32. The summed E-state index contributed by atoms with van der Waals surface area (Å²) in [5.74, 6) is 1.15. The first kappa shape index (κ1) is 17.9. The first-order valence-corrected chi connectivity index (χ1v) is 8.37. The quantitative estimate of drug-likeness (QED) is 0.712. The van der Waals surface area contributed by atoms with E-state index in [9.17, 15) is 4.79 Å². The summed E-state index contributed by atoms with van der Waals surface area (Å²) < 4.78 is 11.0. The van der Waals surface area contributed by atoms with Gasteiger partial charge in [-0.15, -0.1) is 0 Å². The molecule has 0 atom stereocenters. The smallest absolute Gasteiger partial charge is 0.251 e. The zero-order valence-corrected chi connectivity index (χ0v) is 14.4. The zero-order valence-electron chi connectivity index (χ0n) is 14.4. The second-order valence-electron chi connectivity index (χ2n) is 5.56. The highest BCUT2D eigenvalue weighted by Crippen LogP contribution is 2.28. The molecule has 4 heteroatoms. The van der Waals surface area contributed by atoms with Crippen LogP contribution >= 0.6 is 0 Å². The van der Waals surface area contributed by atoms with Gasteiger partial charge >= 0.3 is 0 Å². The molecule has 1 N–H and O–H groups in total. The van der Waals surface area contributed by atoms with Gasteiger partial charge in [0.25, 0.3) is 5.91 Å². The van der Waals surface area contributed by atoms with Crippen molar-refractivity contribution in [2.75, 3.05) is 20.3 Å². The fourth-order valence-corrected chi connectivity index (χ4v) is 2.32. The Kier molecular flexibility index (Phi) is 7.15. The third kappa shape index (κ3) is 5.30. The summed E-state index contributed by atoms with van der Waals surface area (Å²) in [7, 11) is 1.58. The lowest BCUT2D eigenvalue weighted by molar-refractivity contribution is 0.0953. The molecule has 0 aliphatic rings. The largest absolute Gasteiger partial charge is 0.493 e. The molecular formula is C20H25NO3. The molecule has 0 spiro atoms. The molecule has 0 aromatic heterocycles. The van der Waals surface area contributed by atoms with Gasteiger partial charge in [-0.3, -0.25) is 4.79 Å². The molecule has 0 aliphatic carbocycles. The minimum absolute atomic E-state index is 0.107. The Labute approximate surface area is 143 Å². The molecule has 128 valence electrons. The number of carbonyl (C=O) groups is 1. The van der Waals surface area contributed by atoms with Crippen LogP contribution in [0.5, 0.6) is 11.5 Å². The zero-order chi connectivity index (χ0) is 17.2. The fraction of sp³-hybridized carbons (Fsp3) is 0.350. The Morgan fingerprint density at radius 2 is 1.88 bits per heavy atom. The highest BCUT2D eigenvalue weighted by atomic mass is 16.5. The lowest BCUT2D eigenvalue weighted by Crippen LogP contribution is -2.25. The molecule has 0 saturated carbocycles. The molecule has 0 aliphatic heterocycles. The van der Waals surface area contributed by atoms with Crippen molar-refractivity contribution in [3.05, 3.63) is 59.7 Å². The maximum atomic E-state index is 12.3. The number of nitrogens with one attached hydrogen (secondary N) is 1. The number of benzene rings is 2. The van der Waals surface area contributed by atoms with E-state index in [0.717, 1.165) is 19.3 Å². The molecule has 0 saturated heterocycles. The van der Waals surface area contributed by atoms with Crippen LogP contribution < -0.4 is 14.8 Å². The monoisotopic (exact) mass is 327 g/mol.